The van der Waals surface area contributed by atoms with Crippen LogP contribution in [0.3, 0.4) is 0 Å². The van der Waals surface area contributed by atoms with Gasteiger partial charge in [0.1, 0.15) is 0 Å². The number of pyridine rings is 2. The van der Waals surface area contributed by atoms with E-state index in [1.807, 2.05) is 37.3 Å². The molecule has 0 N–H and O–H groups in total. The third kappa shape index (κ3) is 4.59. The Kier molecular flexibility index (Phi) is 7.91. The van der Waals surface area contributed by atoms with Gasteiger partial charge in [-0.25, -0.2) is 17.6 Å². The third-order valence-electron chi connectivity index (χ3n) is 8.11. The van der Waals surface area contributed by atoms with E-state index in [0.29, 0.717) is 31.2 Å². The van der Waals surface area contributed by atoms with Gasteiger partial charge in [-0.3, -0.25) is 9.97 Å². The maximum atomic E-state index is 15.9. The molecule has 0 aliphatic heterocycles. The fourth-order valence-corrected chi connectivity index (χ4v) is 5.74. The minimum Gasteiger partial charge on any atom is -0.254 e. The van der Waals surface area contributed by atoms with Crippen LogP contribution in [0.5, 0.6) is 0 Å². The van der Waals surface area contributed by atoms with Gasteiger partial charge in [0.25, 0.3) is 0 Å². The first kappa shape index (κ1) is 27.7. The van der Waals surface area contributed by atoms with E-state index in [1.165, 1.54) is 0 Å². The molecule has 38 heavy (non-hydrogen) atoms. The first-order valence-electron chi connectivity index (χ1n) is 13.3. The van der Waals surface area contributed by atoms with Crippen molar-refractivity contribution < 1.29 is 17.6 Å². The maximum absolute atomic E-state index is 15.9. The summed E-state index contributed by atoms with van der Waals surface area (Å²) in [5.74, 6) is -5.24. The molecule has 1 atom stereocenters. The van der Waals surface area contributed by atoms with Crippen molar-refractivity contribution in [1.29, 1.82) is 0 Å². The number of rotatable bonds is 9. The third-order valence-corrected chi connectivity index (χ3v) is 8.11. The Balaban J connectivity index is 1.93. The normalized spacial score (nSPS) is 14.0. The Hall–Kier alpha value is -3.28. The van der Waals surface area contributed by atoms with E-state index >= 15 is 17.6 Å². The summed E-state index contributed by atoms with van der Waals surface area (Å²) in [5, 5.41) is 1.78. The Morgan fingerprint density at radius 2 is 1.42 bits per heavy atom. The minimum absolute atomic E-state index is 0.124. The van der Waals surface area contributed by atoms with E-state index in [0.717, 1.165) is 21.8 Å². The van der Waals surface area contributed by atoms with Crippen LogP contribution in [-0.4, -0.2) is 9.97 Å². The van der Waals surface area contributed by atoms with Gasteiger partial charge >= 0.3 is 0 Å². The monoisotopic (exact) mass is 522 g/mol. The summed E-state index contributed by atoms with van der Waals surface area (Å²) in [6.07, 6.45) is 8.37. The van der Waals surface area contributed by atoms with E-state index in [-0.39, 0.29) is 6.42 Å². The number of halogens is 4. The topological polar surface area (TPSA) is 25.8 Å². The molecule has 0 saturated carbocycles. The van der Waals surface area contributed by atoms with Crippen molar-refractivity contribution >= 4 is 21.8 Å². The van der Waals surface area contributed by atoms with Gasteiger partial charge in [-0.2, -0.15) is 0 Å². The molecule has 6 heteroatoms. The van der Waals surface area contributed by atoms with Gasteiger partial charge in [-0.05, 0) is 55.7 Å². The van der Waals surface area contributed by atoms with Crippen molar-refractivity contribution in [1.82, 2.24) is 9.97 Å². The van der Waals surface area contributed by atoms with Gasteiger partial charge in [0, 0.05) is 39.7 Å². The number of hydrogen-bond donors (Lipinski definition) is 0. The lowest BCUT2D eigenvalue weighted by Crippen LogP contribution is -2.33. The average molecular weight is 523 g/mol. The minimum atomic E-state index is -1.32. The smallest absolute Gasteiger partial charge is 0.166 e. The molecule has 4 aromatic rings. The summed E-state index contributed by atoms with van der Waals surface area (Å²) in [6.45, 7) is 8.79. The highest BCUT2D eigenvalue weighted by Crippen LogP contribution is 2.44. The van der Waals surface area contributed by atoms with Crippen molar-refractivity contribution in [2.24, 2.45) is 0 Å². The molecule has 1 unspecified atom stereocenters. The molecule has 2 nitrogen and oxygen atoms in total. The molecule has 0 radical (unpaired) electrons. The van der Waals surface area contributed by atoms with Crippen LogP contribution in [-0.2, 0) is 17.3 Å². The van der Waals surface area contributed by atoms with Crippen molar-refractivity contribution in [3.8, 4) is 0 Å². The zero-order chi connectivity index (χ0) is 27.7. The molecule has 200 valence electrons. The highest BCUT2D eigenvalue weighted by atomic mass is 19.2. The van der Waals surface area contributed by atoms with Crippen molar-refractivity contribution in [2.75, 3.05) is 0 Å². The summed E-state index contributed by atoms with van der Waals surface area (Å²) in [7, 11) is 0. The molecule has 0 saturated heterocycles. The fourth-order valence-electron chi connectivity index (χ4n) is 5.74. The number of fused-ring (bicyclic) bond motifs is 3. The zero-order valence-corrected chi connectivity index (χ0v) is 22.6. The molecule has 0 aliphatic carbocycles. The predicted octanol–water partition coefficient (Wildman–Crippen LogP) is 9.27. The van der Waals surface area contributed by atoms with Crippen LogP contribution in [0.1, 0.15) is 77.0 Å². The standard InChI is InChI=1S/C32H34F4N2/c1-6-14-32(15-7-2,24-27(35)25(33)23(26(34)28(24)36)31(5,8-3)9-4)18-20-17-22-13-12-21-11-10-16-37-29(21)30(22)38-19-20/h6,10-14,16-17,19H,7-9,15,18H2,1-5H3/b14-6-. The lowest BCUT2D eigenvalue weighted by molar-refractivity contribution is 0.336. The summed E-state index contributed by atoms with van der Waals surface area (Å²) < 4.78 is 63.2. The molecule has 0 bridgehead atoms. The van der Waals surface area contributed by atoms with Crippen LogP contribution in [0.2, 0.25) is 0 Å². The average Bonchev–Trinajstić information content (AvgIpc) is 2.92. The SMILES string of the molecule is C/C=C\C(CCC)(Cc1cnc2c(ccc3cccnc32)c1)c1c(F)c(F)c(C(C)(CC)CC)c(F)c1F. The van der Waals surface area contributed by atoms with Crippen molar-refractivity contribution in [3.63, 3.8) is 0 Å². The first-order valence-corrected chi connectivity index (χ1v) is 13.3. The number of nitrogens with zero attached hydrogens (tertiary/aromatic N) is 2. The molecular weight excluding hydrogens is 488 g/mol. The second kappa shape index (κ2) is 10.8. The van der Waals surface area contributed by atoms with Gasteiger partial charge in [0.05, 0.1) is 11.0 Å². The molecule has 0 amide bonds. The largest absolute Gasteiger partial charge is 0.254 e. The molecule has 0 aliphatic rings. The Morgan fingerprint density at radius 1 is 0.816 bits per heavy atom. The molecule has 2 aromatic carbocycles. The molecule has 2 aromatic heterocycles. The van der Waals surface area contributed by atoms with Gasteiger partial charge in [-0.15, -0.1) is 0 Å². The summed E-state index contributed by atoms with van der Waals surface area (Å²) in [5.41, 5.74) is -1.23. The lowest BCUT2D eigenvalue weighted by atomic mass is 9.69. The Morgan fingerprint density at radius 3 is 2.03 bits per heavy atom. The predicted molar refractivity (Wildman–Crippen MR) is 146 cm³/mol. The van der Waals surface area contributed by atoms with Gasteiger partial charge in [0.15, 0.2) is 23.3 Å². The van der Waals surface area contributed by atoms with E-state index < -0.39 is 45.2 Å². The molecule has 0 fully saturated rings. The second-order valence-corrected chi connectivity index (χ2v) is 10.4. The highest BCUT2D eigenvalue weighted by Gasteiger charge is 2.42. The summed E-state index contributed by atoms with van der Waals surface area (Å²) in [4.78, 5) is 9.08. The molecule has 4 rings (SSSR count). The van der Waals surface area contributed by atoms with E-state index in [2.05, 4.69) is 9.97 Å². The lowest BCUT2D eigenvalue weighted by Gasteiger charge is -2.35. The second-order valence-electron chi connectivity index (χ2n) is 10.4. The number of hydrogen-bond acceptors (Lipinski definition) is 2. The molecular formula is C32H34F4N2. The number of aromatic nitrogens is 2. The number of allylic oxidation sites excluding steroid dienone is 2. The van der Waals surface area contributed by atoms with Crippen LogP contribution in [0.25, 0.3) is 21.8 Å². The van der Waals surface area contributed by atoms with Gasteiger partial charge in [-0.1, -0.05) is 64.5 Å². The maximum Gasteiger partial charge on any atom is 0.166 e. The van der Waals surface area contributed by atoms with E-state index in [9.17, 15) is 0 Å². The summed E-state index contributed by atoms with van der Waals surface area (Å²) in [6, 6.07) is 9.60. The van der Waals surface area contributed by atoms with Crippen LogP contribution in [0.4, 0.5) is 17.6 Å². The van der Waals surface area contributed by atoms with Crippen LogP contribution < -0.4 is 0 Å². The quantitative estimate of drug-likeness (QED) is 0.0947. The van der Waals surface area contributed by atoms with Crippen molar-refractivity contribution in [2.45, 2.75) is 77.6 Å². The fraction of sp³-hybridized carbons (Fsp3) is 0.375. The first-order chi connectivity index (χ1) is 18.2. The summed E-state index contributed by atoms with van der Waals surface area (Å²) >= 11 is 0. The highest BCUT2D eigenvalue weighted by molar-refractivity contribution is 6.02. The van der Waals surface area contributed by atoms with Crippen LogP contribution in [0.15, 0.2) is 54.9 Å². The van der Waals surface area contributed by atoms with Gasteiger partial charge < -0.3 is 0 Å². The van der Waals surface area contributed by atoms with E-state index in [4.69, 9.17) is 0 Å². The number of benzene rings is 2. The van der Waals surface area contributed by atoms with E-state index in [1.54, 1.807) is 52.2 Å². The zero-order valence-electron chi connectivity index (χ0n) is 22.6. The van der Waals surface area contributed by atoms with Crippen LogP contribution in [0, 0.1) is 23.3 Å². The Labute approximate surface area is 221 Å². The Bertz CT molecular complexity index is 1480. The van der Waals surface area contributed by atoms with Gasteiger partial charge in [0.2, 0.25) is 0 Å². The van der Waals surface area contributed by atoms with Crippen molar-refractivity contribution in [3.05, 3.63) is 94.8 Å². The van der Waals surface area contributed by atoms with Crippen LogP contribution >= 0.6 is 0 Å². The molecule has 0 spiro atoms. The molecule has 2 heterocycles.